The zero-order chi connectivity index (χ0) is 12.5. The van der Waals surface area contributed by atoms with Crippen LogP contribution in [0, 0.1) is 0 Å². The molecule has 0 bridgehead atoms. The first-order chi connectivity index (χ1) is 8.27. The first-order valence-corrected chi connectivity index (χ1v) is 5.58. The molecule has 1 heterocycles. The van der Waals surface area contributed by atoms with Gasteiger partial charge < -0.3 is 10.5 Å². The van der Waals surface area contributed by atoms with E-state index in [-0.39, 0.29) is 12.1 Å². The SMILES string of the molecule is CCCC(OC(N)=NC=NC)c1ccncc1. The van der Waals surface area contributed by atoms with E-state index in [0.717, 1.165) is 18.4 Å². The molecule has 0 aromatic carbocycles. The van der Waals surface area contributed by atoms with Gasteiger partial charge in [-0.3, -0.25) is 9.98 Å². The van der Waals surface area contributed by atoms with Crippen molar-refractivity contribution in [2.45, 2.75) is 25.9 Å². The summed E-state index contributed by atoms with van der Waals surface area (Å²) in [6.45, 7) is 2.10. The number of rotatable bonds is 5. The Morgan fingerprint density at radius 1 is 1.53 bits per heavy atom. The van der Waals surface area contributed by atoms with Crippen LogP contribution >= 0.6 is 0 Å². The minimum atomic E-state index is -0.0861. The predicted octanol–water partition coefficient (Wildman–Crippen LogP) is 1.91. The number of aliphatic imine (C=N–C) groups is 2. The standard InChI is InChI=1S/C12H18N4O/c1-3-4-11(10-5-7-15-8-6-10)17-12(13)16-9-14-2/h5-9,11H,3-4H2,1-2H3,(H2,13,14,16). The van der Waals surface area contributed by atoms with Crippen LogP contribution in [0.1, 0.15) is 31.4 Å². The number of aromatic nitrogens is 1. The van der Waals surface area contributed by atoms with E-state index in [1.807, 2.05) is 12.1 Å². The molecule has 2 N–H and O–H groups in total. The fourth-order valence-corrected chi connectivity index (χ4v) is 1.42. The Hall–Kier alpha value is -1.91. The molecule has 0 amide bonds. The number of hydrogen-bond acceptors (Lipinski definition) is 3. The fourth-order valence-electron chi connectivity index (χ4n) is 1.42. The maximum absolute atomic E-state index is 5.65. The predicted molar refractivity (Wildman–Crippen MR) is 69.0 cm³/mol. The van der Waals surface area contributed by atoms with E-state index < -0.39 is 0 Å². The lowest BCUT2D eigenvalue weighted by Crippen LogP contribution is -2.20. The van der Waals surface area contributed by atoms with Crippen molar-refractivity contribution in [3.8, 4) is 0 Å². The summed E-state index contributed by atoms with van der Waals surface area (Å²) < 4.78 is 5.59. The maximum Gasteiger partial charge on any atom is 0.288 e. The van der Waals surface area contributed by atoms with E-state index in [1.165, 1.54) is 6.34 Å². The molecule has 0 aliphatic heterocycles. The molecule has 0 radical (unpaired) electrons. The minimum Gasteiger partial charge on any atom is -0.457 e. The molecule has 0 fully saturated rings. The van der Waals surface area contributed by atoms with Crippen LogP contribution in [0.3, 0.4) is 0 Å². The Morgan fingerprint density at radius 2 is 2.24 bits per heavy atom. The lowest BCUT2D eigenvalue weighted by atomic mass is 10.1. The molecule has 1 aromatic heterocycles. The number of amidine groups is 1. The first kappa shape index (κ1) is 13.2. The molecular formula is C12H18N4O. The normalized spacial score (nSPS) is 13.9. The molecule has 0 spiro atoms. The summed E-state index contributed by atoms with van der Waals surface area (Å²) in [4.78, 5) is 11.6. The highest BCUT2D eigenvalue weighted by Gasteiger charge is 2.12. The molecule has 0 saturated carbocycles. The maximum atomic E-state index is 5.65. The van der Waals surface area contributed by atoms with Crippen molar-refractivity contribution in [1.29, 1.82) is 0 Å². The first-order valence-electron chi connectivity index (χ1n) is 5.58. The van der Waals surface area contributed by atoms with Crippen molar-refractivity contribution in [1.82, 2.24) is 4.98 Å². The van der Waals surface area contributed by atoms with Crippen molar-refractivity contribution in [3.63, 3.8) is 0 Å². The summed E-state index contributed by atoms with van der Waals surface area (Å²) in [6.07, 6.45) is 6.64. The van der Waals surface area contributed by atoms with Crippen molar-refractivity contribution < 1.29 is 4.74 Å². The molecule has 5 nitrogen and oxygen atoms in total. The van der Waals surface area contributed by atoms with Gasteiger partial charge in [0.1, 0.15) is 12.4 Å². The van der Waals surface area contributed by atoms with Crippen LogP contribution in [-0.2, 0) is 4.74 Å². The van der Waals surface area contributed by atoms with Crippen LogP contribution in [0.4, 0.5) is 0 Å². The Morgan fingerprint density at radius 3 is 2.82 bits per heavy atom. The number of pyridine rings is 1. The molecule has 1 atom stereocenters. The van der Waals surface area contributed by atoms with Gasteiger partial charge in [0.05, 0.1) is 0 Å². The molecule has 0 saturated heterocycles. The smallest absolute Gasteiger partial charge is 0.288 e. The number of nitrogens with two attached hydrogens (primary N) is 1. The molecule has 17 heavy (non-hydrogen) atoms. The molecule has 5 heteroatoms. The second-order valence-corrected chi connectivity index (χ2v) is 3.52. The van der Waals surface area contributed by atoms with E-state index in [2.05, 4.69) is 21.9 Å². The van der Waals surface area contributed by atoms with Gasteiger partial charge in [-0.1, -0.05) is 13.3 Å². The molecule has 0 aliphatic carbocycles. The van der Waals surface area contributed by atoms with Gasteiger partial charge in [-0.2, -0.15) is 4.99 Å². The quantitative estimate of drug-likeness (QED) is 0.624. The third-order valence-corrected chi connectivity index (χ3v) is 2.19. The Bertz CT molecular complexity index is 375. The van der Waals surface area contributed by atoms with Crippen LogP contribution in [0.2, 0.25) is 0 Å². The van der Waals surface area contributed by atoms with E-state index >= 15 is 0 Å². The van der Waals surface area contributed by atoms with Gasteiger partial charge in [-0.15, -0.1) is 0 Å². The summed E-state index contributed by atoms with van der Waals surface area (Å²) in [5.74, 6) is 0. The number of nitrogens with zero attached hydrogens (tertiary/aromatic N) is 3. The van der Waals surface area contributed by atoms with Crippen molar-refractivity contribution in [2.24, 2.45) is 15.7 Å². The topological polar surface area (TPSA) is 72.9 Å². The third-order valence-electron chi connectivity index (χ3n) is 2.19. The molecule has 1 rings (SSSR count). The molecule has 1 aromatic rings. The molecule has 1 unspecified atom stereocenters. The van der Waals surface area contributed by atoms with Gasteiger partial charge in [-0.25, -0.2) is 0 Å². The third kappa shape index (κ3) is 4.63. The second-order valence-electron chi connectivity index (χ2n) is 3.52. The molecule has 92 valence electrons. The zero-order valence-corrected chi connectivity index (χ0v) is 10.2. The number of ether oxygens (including phenoxy) is 1. The summed E-state index contributed by atoms with van der Waals surface area (Å²) in [6, 6.07) is 3.97. The van der Waals surface area contributed by atoms with Gasteiger partial charge in [0, 0.05) is 19.4 Å². The van der Waals surface area contributed by atoms with Gasteiger partial charge in [0.15, 0.2) is 0 Å². The largest absolute Gasteiger partial charge is 0.457 e. The van der Waals surface area contributed by atoms with Crippen LogP contribution in [0.25, 0.3) is 0 Å². The van der Waals surface area contributed by atoms with Crippen LogP contribution in [0.15, 0.2) is 34.5 Å². The average Bonchev–Trinajstić information content (AvgIpc) is 2.37. The van der Waals surface area contributed by atoms with Gasteiger partial charge >= 0.3 is 0 Å². The van der Waals surface area contributed by atoms with Gasteiger partial charge in [0.25, 0.3) is 6.02 Å². The van der Waals surface area contributed by atoms with E-state index in [9.17, 15) is 0 Å². The average molecular weight is 234 g/mol. The van der Waals surface area contributed by atoms with E-state index in [1.54, 1.807) is 19.4 Å². The van der Waals surface area contributed by atoms with Crippen LogP contribution in [0.5, 0.6) is 0 Å². The lowest BCUT2D eigenvalue weighted by Gasteiger charge is -2.17. The second kappa shape index (κ2) is 7.38. The lowest BCUT2D eigenvalue weighted by molar-refractivity contribution is 0.177. The van der Waals surface area contributed by atoms with Crippen LogP contribution in [-0.4, -0.2) is 24.4 Å². The summed E-state index contributed by atoms with van der Waals surface area (Å²) in [5, 5.41) is 0. The highest BCUT2D eigenvalue weighted by Crippen LogP contribution is 2.21. The Balaban J connectivity index is 2.73. The molecule has 0 aliphatic rings. The summed E-state index contributed by atoms with van der Waals surface area (Å²) in [5.41, 5.74) is 6.70. The monoisotopic (exact) mass is 234 g/mol. The Kier molecular flexibility index (Phi) is 5.71. The number of hydrogen-bond donors (Lipinski definition) is 1. The highest BCUT2D eigenvalue weighted by atomic mass is 16.5. The van der Waals surface area contributed by atoms with Crippen molar-refractivity contribution in [3.05, 3.63) is 30.1 Å². The zero-order valence-electron chi connectivity index (χ0n) is 10.2. The minimum absolute atomic E-state index is 0.0861. The van der Waals surface area contributed by atoms with Gasteiger partial charge in [0.2, 0.25) is 0 Å². The summed E-state index contributed by atoms with van der Waals surface area (Å²) >= 11 is 0. The van der Waals surface area contributed by atoms with E-state index in [0.29, 0.717) is 0 Å². The van der Waals surface area contributed by atoms with Gasteiger partial charge in [-0.05, 0) is 24.1 Å². The van der Waals surface area contributed by atoms with Crippen molar-refractivity contribution in [2.75, 3.05) is 7.05 Å². The fraction of sp³-hybridized carbons (Fsp3) is 0.417. The molecular weight excluding hydrogens is 216 g/mol. The van der Waals surface area contributed by atoms with Crippen molar-refractivity contribution >= 4 is 12.4 Å². The Labute approximate surface area is 101 Å². The van der Waals surface area contributed by atoms with Crippen LogP contribution < -0.4 is 5.73 Å². The van der Waals surface area contributed by atoms with E-state index in [4.69, 9.17) is 10.5 Å². The highest BCUT2D eigenvalue weighted by molar-refractivity contribution is 5.81. The summed E-state index contributed by atoms with van der Waals surface area (Å²) in [7, 11) is 1.63.